The molecule has 7 heteroatoms. The number of rotatable bonds is 5. The fraction of sp³-hybridized carbons (Fsp3) is 0.0909. The molecule has 146 valence electrons. The van der Waals surface area contributed by atoms with Crippen molar-refractivity contribution >= 4 is 0 Å². The predicted molar refractivity (Wildman–Crippen MR) is 105 cm³/mol. The summed E-state index contributed by atoms with van der Waals surface area (Å²) in [6.45, 7) is -0.395. The fourth-order valence-corrected chi connectivity index (χ4v) is 3.10. The van der Waals surface area contributed by atoms with E-state index in [9.17, 15) is 13.9 Å². The summed E-state index contributed by atoms with van der Waals surface area (Å²) in [6.07, 6.45) is 0. The minimum atomic E-state index is -0.537. The molecule has 0 bridgehead atoms. The van der Waals surface area contributed by atoms with Crippen LogP contribution in [0.4, 0.5) is 8.78 Å². The Labute approximate surface area is 165 Å². The fourth-order valence-electron chi connectivity index (χ4n) is 3.10. The van der Waals surface area contributed by atoms with Gasteiger partial charge in [-0.1, -0.05) is 30.3 Å². The molecule has 5 nitrogen and oxygen atoms in total. The Morgan fingerprint density at radius 1 is 0.862 bits per heavy atom. The van der Waals surface area contributed by atoms with Gasteiger partial charge in [0.25, 0.3) is 0 Å². The highest BCUT2D eigenvalue weighted by atomic mass is 19.1. The Morgan fingerprint density at radius 3 is 2.03 bits per heavy atom. The second-order valence-corrected chi connectivity index (χ2v) is 6.33. The van der Waals surface area contributed by atoms with Gasteiger partial charge < -0.3 is 9.84 Å². The summed E-state index contributed by atoms with van der Waals surface area (Å²) in [5, 5.41) is 17.7. The highest BCUT2D eigenvalue weighted by molar-refractivity contribution is 5.67. The summed E-state index contributed by atoms with van der Waals surface area (Å²) in [6, 6.07) is 18.3. The van der Waals surface area contributed by atoms with E-state index in [1.54, 1.807) is 16.7 Å². The zero-order chi connectivity index (χ0) is 20.4. The van der Waals surface area contributed by atoms with Crippen molar-refractivity contribution in [1.29, 1.82) is 0 Å². The van der Waals surface area contributed by atoms with Crippen LogP contribution >= 0.6 is 0 Å². The molecule has 0 amide bonds. The van der Waals surface area contributed by atoms with Crippen LogP contribution in [0.3, 0.4) is 0 Å². The number of aliphatic hydroxyl groups is 1. The normalized spacial score (nSPS) is 10.9. The molecular formula is C22H17F2N3O2. The van der Waals surface area contributed by atoms with Gasteiger partial charge in [0.05, 0.1) is 13.7 Å². The van der Waals surface area contributed by atoms with Gasteiger partial charge in [0.2, 0.25) is 0 Å². The second-order valence-electron chi connectivity index (χ2n) is 6.33. The number of nitrogens with zero attached hydrogens (tertiary/aromatic N) is 3. The molecule has 0 radical (unpaired) electrons. The highest BCUT2D eigenvalue weighted by Crippen LogP contribution is 2.31. The first kappa shape index (κ1) is 18.8. The number of ether oxygens (including phenoxy) is 1. The molecule has 4 rings (SSSR count). The molecule has 0 fully saturated rings. The van der Waals surface area contributed by atoms with Crippen LogP contribution in [0.25, 0.3) is 28.5 Å². The summed E-state index contributed by atoms with van der Waals surface area (Å²) < 4.78 is 35.2. The minimum absolute atomic E-state index is 0.126. The molecule has 0 atom stereocenters. The van der Waals surface area contributed by atoms with Gasteiger partial charge in [-0.3, -0.25) is 4.57 Å². The molecular weight excluding hydrogens is 376 g/mol. The molecule has 0 aliphatic heterocycles. The zero-order valence-corrected chi connectivity index (χ0v) is 15.5. The van der Waals surface area contributed by atoms with Crippen LogP contribution in [0.2, 0.25) is 0 Å². The first-order chi connectivity index (χ1) is 14.1. The number of halogens is 2. The van der Waals surface area contributed by atoms with Crippen molar-refractivity contribution in [3.05, 3.63) is 83.9 Å². The third kappa shape index (κ3) is 3.48. The number of aliphatic hydroxyl groups excluding tert-OH is 1. The molecule has 0 aliphatic carbocycles. The largest absolute Gasteiger partial charge is 0.494 e. The Kier molecular flexibility index (Phi) is 5.05. The molecule has 4 aromatic rings. The van der Waals surface area contributed by atoms with Gasteiger partial charge in [-0.15, -0.1) is 10.2 Å². The van der Waals surface area contributed by atoms with Crippen LogP contribution in [0.15, 0.2) is 66.7 Å². The Morgan fingerprint density at radius 2 is 1.48 bits per heavy atom. The molecule has 1 aromatic heterocycles. The van der Waals surface area contributed by atoms with Gasteiger partial charge in [-0.25, -0.2) is 8.78 Å². The lowest BCUT2D eigenvalue weighted by Gasteiger charge is -2.12. The van der Waals surface area contributed by atoms with E-state index in [2.05, 4.69) is 10.2 Å². The summed E-state index contributed by atoms with van der Waals surface area (Å²) in [4.78, 5) is 0. The predicted octanol–water partition coefficient (Wildman–Crippen LogP) is 4.38. The lowest BCUT2D eigenvalue weighted by Crippen LogP contribution is -2.01. The number of methoxy groups -OCH3 is 1. The van der Waals surface area contributed by atoms with Gasteiger partial charge in [0.15, 0.2) is 23.2 Å². The SMILES string of the molecule is COc1ccc(-c2nnc(-c3ccc(CO)c(F)c3)n2-c2ccccc2)cc1F. The lowest BCUT2D eigenvalue weighted by atomic mass is 10.1. The highest BCUT2D eigenvalue weighted by Gasteiger charge is 2.19. The zero-order valence-electron chi connectivity index (χ0n) is 15.5. The molecule has 29 heavy (non-hydrogen) atoms. The van der Waals surface area contributed by atoms with Gasteiger partial charge in [-0.05, 0) is 36.4 Å². The third-order valence-electron chi connectivity index (χ3n) is 4.57. The van der Waals surface area contributed by atoms with Crippen LogP contribution in [-0.4, -0.2) is 27.0 Å². The lowest BCUT2D eigenvalue weighted by molar-refractivity contribution is 0.276. The van der Waals surface area contributed by atoms with Crippen LogP contribution in [0.1, 0.15) is 5.56 Å². The molecule has 3 aromatic carbocycles. The van der Waals surface area contributed by atoms with E-state index in [4.69, 9.17) is 4.74 Å². The minimum Gasteiger partial charge on any atom is -0.494 e. The maximum Gasteiger partial charge on any atom is 0.168 e. The van der Waals surface area contributed by atoms with Crippen molar-refractivity contribution < 1.29 is 18.6 Å². The first-order valence-electron chi connectivity index (χ1n) is 8.86. The molecule has 0 spiro atoms. The van der Waals surface area contributed by atoms with E-state index < -0.39 is 18.2 Å². The third-order valence-corrected chi connectivity index (χ3v) is 4.57. The van der Waals surface area contributed by atoms with E-state index in [0.717, 1.165) is 5.69 Å². The maximum absolute atomic E-state index is 14.3. The Hall–Kier alpha value is -3.58. The van der Waals surface area contributed by atoms with Crippen molar-refractivity contribution in [3.8, 4) is 34.2 Å². The van der Waals surface area contributed by atoms with Crippen molar-refractivity contribution in [3.63, 3.8) is 0 Å². The van der Waals surface area contributed by atoms with Crippen molar-refractivity contribution in [2.24, 2.45) is 0 Å². The van der Waals surface area contributed by atoms with E-state index in [-0.39, 0.29) is 11.3 Å². The number of aromatic nitrogens is 3. The standard InChI is InChI=1S/C22H17F2N3O2/c1-29-20-10-9-15(12-19(20)24)22-26-25-21(27(22)17-5-3-2-4-6-17)14-7-8-16(13-28)18(23)11-14/h2-12,28H,13H2,1H3. The van der Waals surface area contributed by atoms with Crippen LogP contribution < -0.4 is 4.74 Å². The number of hydrogen-bond donors (Lipinski definition) is 1. The monoisotopic (exact) mass is 393 g/mol. The van der Waals surface area contributed by atoms with Crippen LogP contribution in [0, 0.1) is 11.6 Å². The van der Waals surface area contributed by atoms with Crippen molar-refractivity contribution in [2.45, 2.75) is 6.61 Å². The molecule has 0 saturated carbocycles. The summed E-state index contributed by atoms with van der Waals surface area (Å²) in [5.41, 5.74) is 1.91. The number of hydrogen-bond acceptors (Lipinski definition) is 4. The van der Waals surface area contributed by atoms with Crippen molar-refractivity contribution in [2.75, 3.05) is 7.11 Å². The number of benzene rings is 3. The average Bonchev–Trinajstić information content (AvgIpc) is 3.19. The van der Waals surface area contributed by atoms with Gasteiger partial charge >= 0.3 is 0 Å². The smallest absolute Gasteiger partial charge is 0.168 e. The summed E-state index contributed by atoms with van der Waals surface area (Å²) >= 11 is 0. The van der Waals surface area contributed by atoms with Gasteiger partial charge in [0.1, 0.15) is 5.82 Å². The molecule has 1 N–H and O–H groups in total. The van der Waals surface area contributed by atoms with Crippen LogP contribution in [-0.2, 0) is 6.61 Å². The quantitative estimate of drug-likeness (QED) is 0.547. The molecule has 1 heterocycles. The Bertz CT molecular complexity index is 1090. The number of para-hydroxylation sites is 1. The molecule has 0 unspecified atom stereocenters. The first-order valence-corrected chi connectivity index (χ1v) is 8.86. The van der Waals surface area contributed by atoms with Crippen LogP contribution in [0.5, 0.6) is 5.75 Å². The van der Waals surface area contributed by atoms with E-state index in [1.165, 1.54) is 31.4 Å². The second kappa shape index (κ2) is 7.81. The van der Waals surface area contributed by atoms with Crippen molar-refractivity contribution in [1.82, 2.24) is 14.8 Å². The Balaban J connectivity index is 1.92. The van der Waals surface area contributed by atoms with Gasteiger partial charge in [-0.2, -0.15) is 0 Å². The molecule has 0 saturated heterocycles. The van der Waals surface area contributed by atoms with E-state index in [0.29, 0.717) is 22.8 Å². The van der Waals surface area contributed by atoms with Gasteiger partial charge in [0, 0.05) is 22.4 Å². The summed E-state index contributed by atoms with van der Waals surface area (Å²) in [5.74, 6) is -0.135. The van der Waals surface area contributed by atoms with E-state index >= 15 is 0 Å². The maximum atomic E-state index is 14.3. The average molecular weight is 393 g/mol. The van der Waals surface area contributed by atoms with E-state index in [1.807, 2.05) is 30.3 Å². The summed E-state index contributed by atoms with van der Waals surface area (Å²) in [7, 11) is 1.40. The topological polar surface area (TPSA) is 60.2 Å². The molecule has 0 aliphatic rings.